The second-order valence-electron chi connectivity index (χ2n) is 9.81. The predicted octanol–water partition coefficient (Wildman–Crippen LogP) is 4.00. The van der Waals surface area contributed by atoms with Gasteiger partial charge in [0.25, 0.3) is 15.6 Å². The number of rotatable bonds is 7. The number of nitrogens with zero attached hydrogens (tertiary/aromatic N) is 1. The third kappa shape index (κ3) is 5.43. The fourth-order valence-electron chi connectivity index (χ4n) is 5.00. The number of fused-ring (bicyclic) bond motifs is 1. The predicted molar refractivity (Wildman–Crippen MR) is 125 cm³/mol. The van der Waals surface area contributed by atoms with Gasteiger partial charge >= 0.3 is 12.4 Å². The van der Waals surface area contributed by atoms with Gasteiger partial charge in [0.05, 0.1) is 35.9 Å². The van der Waals surface area contributed by atoms with E-state index >= 15 is 0 Å². The summed E-state index contributed by atoms with van der Waals surface area (Å²) in [6.45, 7) is 0.145. The summed E-state index contributed by atoms with van der Waals surface area (Å²) in [5.41, 5.74) is -7.28. The summed E-state index contributed by atoms with van der Waals surface area (Å²) in [5.74, 6) is -1.72. The van der Waals surface area contributed by atoms with E-state index in [1.165, 1.54) is 0 Å². The molecule has 2 aliphatic heterocycles. The molecule has 1 fully saturated rings. The minimum atomic E-state index is -6.14. The van der Waals surface area contributed by atoms with Crippen molar-refractivity contribution in [3.05, 3.63) is 59.4 Å². The van der Waals surface area contributed by atoms with E-state index in [2.05, 4.69) is 0 Å². The lowest BCUT2D eigenvalue weighted by Crippen LogP contribution is -2.54. The van der Waals surface area contributed by atoms with Crippen molar-refractivity contribution in [2.45, 2.75) is 60.7 Å². The number of ether oxygens (including phenoxy) is 1. The van der Waals surface area contributed by atoms with Gasteiger partial charge in [-0.25, -0.2) is 12.8 Å². The van der Waals surface area contributed by atoms with Gasteiger partial charge in [-0.15, -0.1) is 0 Å². The molecule has 40 heavy (non-hydrogen) atoms. The molecule has 2 aromatic carbocycles. The Bertz CT molecular complexity index is 1350. The van der Waals surface area contributed by atoms with Crippen LogP contribution in [0.25, 0.3) is 0 Å². The zero-order chi connectivity index (χ0) is 29.7. The van der Waals surface area contributed by atoms with Crippen molar-refractivity contribution in [1.29, 1.82) is 0 Å². The van der Waals surface area contributed by atoms with Gasteiger partial charge < -0.3 is 14.9 Å². The summed E-state index contributed by atoms with van der Waals surface area (Å²) in [4.78, 5) is 12.4. The Hall–Kier alpha value is -2.75. The van der Waals surface area contributed by atoms with Gasteiger partial charge in [-0.1, -0.05) is 12.1 Å². The van der Waals surface area contributed by atoms with Crippen LogP contribution >= 0.6 is 0 Å². The molecule has 3 atom stereocenters. The molecule has 2 heterocycles. The van der Waals surface area contributed by atoms with E-state index in [1.54, 1.807) is 0 Å². The van der Waals surface area contributed by atoms with Crippen LogP contribution < -0.4 is 4.31 Å². The number of hydrogen-bond donors (Lipinski definition) is 2. The molecule has 0 saturated carbocycles. The minimum absolute atomic E-state index is 0.0321. The number of aliphatic hydroxyl groups is 2. The van der Waals surface area contributed by atoms with Crippen molar-refractivity contribution in [3.63, 3.8) is 0 Å². The molecule has 0 aliphatic carbocycles. The Labute approximate surface area is 224 Å². The van der Waals surface area contributed by atoms with Crippen LogP contribution in [0.2, 0.25) is 0 Å². The highest BCUT2D eigenvalue weighted by Crippen LogP contribution is 2.51. The maximum Gasteiger partial charge on any atom is 0.430 e. The van der Waals surface area contributed by atoms with Gasteiger partial charge in [0.2, 0.25) is 0 Å². The van der Waals surface area contributed by atoms with Crippen molar-refractivity contribution in [2.75, 3.05) is 17.5 Å². The third-order valence-electron chi connectivity index (χ3n) is 7.12. The molecule has 0 spiro atoms. The number of alkyl halides is 6. The smallest absolute Gasteiger partial charge is 0.390 e. The number of aliphatic hydroxyl groups excluding tert-OH is 1. The molecule has 0 unspecified atom stereocenters. The maximum absolute atomic E-state index is 13.7. The molecule has 15 heteroatoms. The second kappa shape index (κ2) is 10.6. The number of ketones is 1. The summed E-state index contributed by atoms with van der Waals surface area (Å²) in [6.07, 6.45) is -14.1. The van der Waals surface area contributed by atoms with Crippen LogP contribution in [0, 0.1) is 11.7 Å². The molecule has 220 valence electrons. The molecule has 0 aromatic heterocycles. The van der Waals surface area contributed by atoms with Gasteiger partial charge in [0.1, 0.15) is 11.6 Å². The number of Topliss-reactive ketones (excluding diaryl/α,β-unsaturated/α-hetero) is 1. The standard InChI is InChI=1S/C25H24F7NO6S/c26-17-3-6-20(7-4-17)40(37,38)33-18(11-19(34)10-15-12-39-13-22(15)35)5-1-14-9-16(2-8-21(14)33)23(36,24(27,28)29)25(30,31)32/h2-4,6-9,15,18,22,35-36H,1,5,10-13H2/t15-,18+,22-/m1/s1. The average molecular weight is 600 g/mol. The summed E-state index contributed by atoms with van der Waals surface area (Å²) in [5, 5.41) is 19.8. The number of sulfonamides is 1. The molecule has 0 amide bonds. The van der Waals surface area contributed by atoms with Gasteiger partial charge in [-0.3, -0.25) is 9.10 Å². The normalized spacial score (nSPS) is 22.3. The number of aryl methyl sites for hydroxylation is 1. The van der Waals surface area contributed by atoms with Crippen LogP contribution in [0.5, 0.6) is 0 Å². The quantitative estimate of drug-likeness (QED) is 0.467. The molecule has 2 aliphatic rings. The Morgan fingerprint density at radius 3 is 2.15 bits per heavy atom. The highest BCUT2D eigenvalue weighted by molar-refractivity contribution is 7.92. The zero-order valence-corrected chi connectivity index (χ0v) is 21.4. The number of hydrogen-bond acceptors (Lipinski definition) is 6. The van der Waals surface area contributed by atoms with Crippen molar-refractivity contribution < 1.29 is 58.9 Å². The monoisotopic (exact) mass is 599 g/mol. The lowest BCUT2D eigenvalue weighted by atomic mass is 9.87. The summed E-state index contributed by atoms with van der Waals surface area (Å²) in [6, 6.07) is 4.00. The van der Waals surface area contributed by atoms with Gasteiger partial charge in [0, 0.05) is 24.3 Å². The van der Waals surface area contributed by atoms with Crippen LogP contribution in [-0.4, -0.2) is 62.1 Å². The van der Waals surface area contributed by atoms with Crippen molar-refractivity contribution >= 4 is 21.5 Å². The van der Waals surface area contributed by atoms with Crippen molar-refractivity contribution in [1.82, 2.24) is 0 Å². The molecule has 1 saturated heterocycles. The second-order valence-corrected chi connectivity index (χ2v) is 11.6. The molecular formula is C25H24F7NO6S. The van der Waals surface area contributed by atoms with Crippen molar-refractivity contribution in [3.8, 4) is 0 Å². The number of anilines is 1. The third-order valence-corrected chi connectivity index (χ3v) is 9.00. The van der Waals surface area contributed by atoms with E-state index in [0.717, 1.165) is 34.6 Å². The molecule has 2 aromatic rings. The van der Waals surface area contributed by atoms with Crippen LogP contribution in [-0.2, 0) is 31.6 Å². The largest absolute Gasteiger partial charge is 0.430 e. The summed E-state index contributed by atoms with van der Waals surface area (Å²) >= 11 is 0. The molecule has 0 radical (unpaired) electrons. The molecule has 0 bridgehead atoms. The van der Waals surface area contributed by atoms with Gasteiger partial charge in [-0.05, 0) is 48.7 Å². The van der Waals surface area contributed by atoms with Crippen molar-refractivity contribution in [2.24, 2.45) is 5.92 Å². The van der Waals surface area contributed by atoms with Gasteiger partial charge in [0.15, 0.2) is 0 Å². The first kappa shape index (κ1) is 30.2. The van der Waals surface area contributed by atoms with Crippen LogP contribution in [0.1, 0.15) is 30.4 Å². The van der Waals surface area contributed by atoms with Gasteiger partial charge in [-0.2, -0.15) is 26.3 Å². The topological polar surface area (TPSA) is 104 Å². The van der Waals surface area contributed by atoms with E-state index < -0.39 is 68.1 Å². The van der Waals surface area contributed by atoms with E-state index in [4.69, 9.17) is 4.74 Å². The minimum Gasteiger partial charge on any atom is -0.390 e. The first-order valence-electron chi connectivity index (χ1n) is 12.0. The molecule has 7 nitrogen and oxygen atoms in total. The van der Waals surface area contributed by atoms with E-state index in [9.17, 15) is 54.2 Å². The first-order chi connectivity index (χ1) is 18.5. The first-order valence-corrected chi connectivity index (χ1v) is 13.5. The lowest BCUT2D eigenvalue weighted by Gasteiger charge is -2.39. The number of carbonyl (C=O) groups excluding carboxylic acids is 1. The number of benzene rings is 2. The highest BCUT2D eigenvalue weighted by atomic mass is 32.2. The van der Waals surface area contributed by atoms with E-state index in [1.807, 2.05) is 0 Å². The highest BCUT2D eigenvalue weighted by Gasteiger charge is 2.71. The molecular weight excluding hydrogens is 575 g/mol. The fourth-order valence-corrected chi connectivity index (χ4v) is 6.72. The Morgan fingerprint density at radius 1 is 0.975 bits per heavy atom. The lowest BCUT2D eigenvalue weighted by molar-refractivity contribution is -0.376. The Morgan fingerprint density at radius 2 is 1.60 bits per heavy atom. The number of halogens is 7. The van der Waals surface area contributed by atoms with Crippen LogP contribution in [0.4, 0.5) is 36.4 Å². The number of carbonyl (C=O) groups is 1. The summed E-state index contributed by atoms with van der Waals surface area (Å²) in [7, 11) is -4.60. The Kier molecular flexibility index (Phi) is 7.99. The fraction of sp³-hybridized carbons (Fsp3) is 0.480. The van der Waals surface area contributed by atoms with E-state index in [0.29, 0.717) is 12.1 Å². The van der Waals surface area contributed by atoms with E-state index in [-0.39, 0.29) is 50.1 Å². The average Bonchev–Trinajstić information content (AvgIpc) is 3.25. The molecule has 4 rings (SSSR count). The van der Waals surface area contributed by atoms with Crippen LogP contribution in [0.15, 0.2) is 47.4 Å². The maximum atomic E-state index is 13.7. The molecule has 2 N–H and O–H groups in total. The zero-order valence-electron chi connectivity index (χ0n) is 20.5. The SMILES string of the molecule is O=C(C[C@@H]1COC[C@H]1O)C[C@@H]1CCc2cc(C(O)(C(F)(F)F)C(F)(F)F)ccc2N1S(=O)(=O)c1ccc(F)cc1. The summed E-state index contributed by atoms with van der Waals surface area (Å²) < 4.78 is 127. The Balaban J connectivity index is 1.77. The van der Waals surface area contributed by atoms with Crippen LogP contribution in [0.3, 0.4) is 0 Å².